The Labute approximate surface area is 184 Å². The second kappa shape index (κ2) is 8.81. The van der Waals surface area contributed by atoms with Crippen LogP contribution in [0.4, 0.5) is 4.79 Å². The second-order valence-corrected chi connectivity index (χ2v) is 8.70. The van der Waals surface area contributed by atoms with E-state index < -0.39 is 5.60 Å². The van der Waals surface area contributed by atoms with Crippen molar-refractivity contribution in [3.8, 4) is 0 Å². The number of carbonyl (C=O) groups is 1. The van der Waals surface area contributed by atoms with Crippen LogP contribution in [0.2, 0.25) is 0 Å². The molecule has 128 valence electrons. The third kappa shape index (κ3) is 9.61. The van der Waals surface area contributed by atoms with Crippen molar-refractivity contribution in [2.24, 2.45) is 5.41 Å². The number of hydrogen-bond donors (Lipinski definition) is 0. The quantitative estimate of drug-likeness (QED) is 0.473. The van der Waals surface area contributed by atoms with E-state index in [1.807, 2.05) is 25.7 Å². The molecular weight excluding hydrogens is 317 g/mol. The number of amides is 1. The van der Waals surface area contributed by atoms with Crippen molar-refractivity contribution in [2.75, 3.05) is 13.1 Å². The van der Waals surface area contributed by atoms with Crippen LogP contribution < -0.4 is 56.5 Å². The van der Waals surface area contributed by atoms with Gasteiger partial charge in [-0.2, -0.15) is 0 Å². The van der Waals surface area contributed by atoms with Crippen molar-refractivity contribution in [1.29, 1.82) is 0 Å². The van der Waals surface area contributed by atoms with E-state index in [0.717, 1.165) is 25.9 Å². The molecule has 0 N–H and O–H groups in total. The molecule has 23 heavy (non-hydrogen) atoms. The van der Waals surface area contributed by atoms with Gasteiger partial charge in [-0.1, -0.05) is 32.9 Å². The zero-order valence-electron chi connectivity index (χ0n) is 16.1. The van der Waals surface area contributed by atoms with Gasteiger partial charge in [0.2, 0.25) is 0 Å². The molecule has 5 heteroatoms. The molecule has 0 radical (unpaired) electrons. The Hall–Kier alpha value is 0.606. The van der Waals surface area contributed by atoms with Gasteiger partial charge in [0.15, 0.2) is 0 Å². The number of nitrogens with zero attached hydrogens (tertiary/aromatic N) is 1. The van der Waals surface area contributed by atoms with Crippen LogP contribution in [-0.4, -0.2) is 35.3 Å². The predicted molar refractivity (Wildman–Crippen MR) is 87.6 cm³/mol. The van der Waals surface area contributed by atoms with Gasteiger partial charge in [-0.25, -0.2) is 4.79 Å². The monoisotopic (exact) mass is 349 g/mol. The Morgan fingerprint density at radius 3 is 1.87 bits per heavy atom. The summed E-state index contributed by atoms with van der Waals surface area (Å²) in [7, 11) is 0. The van der Waals surface area contributed by atoms with Crippen molar-refractivity contribution in [3.63, 3.8) is 0 Å². The molecule has 1 aliphatic heterocycles. The summed E-state index contributed by atoms with van der Waals surface area (Å²) in [6.45, 7) is 16.4. The number of carbonyl (C=O) groups excluding carboxylic acids is 1. The zero-order valence-corrected chi connectivity index (χ0v) is 19.2. The van der Waals surface area contributed by atoms with Crippen LogP contribution in [0.1, 0.15) is 67.2 Å². The molecule has 1 aliphatic carbocycles. The average molecular weight is 350 g/mol. The second-order valence-electron chi connectivity index (χ2n) is 8.70. The van der Waals surface area contributed by atoms with Crippen LogP contribution in [0, 0.1) is 5.41 Å². The smallest absolute Gasteiger partial charge is 0.850 e. The fraction of sp³-hybridized carbons (Fsp3) is 0.833. The number of rotatable bonds is 0. The molecule has 0 aromatic heterocycles. The third-order valence-corrected chi connectivity index (χ3v) is 3.72. The molecule has 1 saturated carbocycles. The minimum Gasteiger partial charge on any atom is -0.850 e. The van der Waals surface area contributed by atoms with E-state index >= 15 is 0 Å². The van der Waals surface area contributed by atoms with Crippen molar-refractivity contribution in [1.82, 2.24) is 4.90 Å². The van der Waals surface area contributed by atoms with E-state index in [9.17, 15) is 9.90 Å². The maximum absolute atomic E-state index is 11.8. The van der Waals surface area contributed by atoms with E-state index in [0.29, 0.717) is 5.41 Å². The molecule has 1 saturated heterocycles. The van der Waals surface area contributed by atoms with Gasteiger partial charge in [0.05, 0.1) is 0 Å². The van der Waals surface area contributed by atoms with Gasteiger partial charge in [0.1, 0.15) is 5.60 Å². The van der Waals surface area contributed by atoms with Crippen LogP contribution in [-0.2, 0) is 4.74 Å². The Morgan fingerprint density at radius 2 is 1.52 bits per heavy atom. The Bertz CT molecular complexity index is 397. The Morgan fingerprint density at radius 1 is 1.13 bits per heavy atom. The molecule has 0 aromatic carbocycles. The first-order valence-electron chi connectivity index (χ1n) is 8.15. The van der Waals surface area contributed by atoms with Crippen LogP contribution >= 0.6 is 0 Å². The van der Waals surface area contributed by atoms with Gasteiger partial charge in [-0.3, -0.25) is 0 Å². The molecule has 2 fully saturated rings. The van der Waals surface area contributed by atoms with Gasteiger partial charge < -0.3 is 14.7 Å². The number of likely N-dealkylation sites (tertiary alicyclic amines) is 1. The molecule has 0 aromatic rings. The normalized spacial score (nSPS) is 20.0. The summed E-state index contributed by atoms with van der Waals surface area (Å²) >= 11 is 0. The van der Waals surface area contributed by atoms with Gasteiger partial charge in [0, 0.05) is 18.5 Å². The van der Waals surface area contributed by atoms with Crippen molar-refractivity contribution < 1.29 is 66.0 Å². The van der Waals surface area contributed by atoms with Crippen molar-refractivity contribution >= 4 is 6.09 Å². The minimum atomic E-state index is -0.750. The Kier molecular flexibility index (Phi) is 9.04. The summed E-state index contributed by atoms with van der Waals surface area (Å²) in [4.78, 5) is 13.7. The minimum absolute atomic E-state index is 0. The largest absolute Gasteiger partial charge is 1.00 e. The Balaban J connectivity index is 0.000000709. The first kappa shape index (κ1) is 23.6. The molecule has 0 bridgehead atoms. The molecular formula is C18H32KNO3. The zero-order chi connectivity index (χ0) is 17.2. The third-order valence-electron chi connectivity index (χ3n) is 3.72. The molecule has 1 amide bonds. The van der Waals surface area contributed by atoms with E-state index in [2.05, 4.69) is 6.58 Å². The van der Waals surface area contributed by atoms with E-state index in [4.69, 9.17) is 4.74 Å². The SMILES string of the molecule is C=C1CCC2(CC1)CN(C(=O)OC(C)(C)C)C2.CC(C)(C)[O-].[K+]. The van der Waals surface area contributed by atoms with Gasteiger partial charge in [-0.05, 0) is 46.5 Å². The van der Waals surface area contributed by atoms with Gasteiger partial charge in [0.25, 0.3) is 0 Å². The van der Waals surface area contributed by atoms with E-state index in [-0.39, 0.29) is 63.1 Å². The first-order valence-corrected chi connectivity index (χ1v) is 8.15. The summed E-state index contributed by atoms with van der Waals surface area (Å²) in [6, 6.07) is 0. The summed E-state index contributed by atoms with van der Waals surface area (Å²) < 4.78 is 5.37. The average Bonchev–Trinajstić information content (AvgIpc) is 2.22. The fourth-order valence-electron chi connectivity index (χ4n) is 2.67. The van der Waals surface area contributed by atoms with Gasteiger partial charge >= 0.3 is 57.5 Å². The molecule has 2 aliphatic rings. The summed E-state index contributed by atoms with van der Waals surface area (Å²) in [5.74, 6) is 0. The molecule has 0 unspecified atom stereocenters. The van der Waals surface area contributed by atoms with Crippen molar-refractivity contribution in [3.05, 3.63) is 12.2 Å². The standard InChI is InChI=1S/C14H23NO2.C4H9O.K/c1-11-5-7-14(8-6-11)9-15(10-14)12(16)17-13(2,3)4;1-4(2,3)5;/h1,5-10H2,2-4H3;1-3H3;/q;-1;+1. The topological polar surface area (TPSA) is 52.6 Å². The predicted octanol–water partition coefficient (Wildman–Crippen LogP) is 0.503. The van der Waals surface area contributed by atoms with Gasteiger partial charge in [-0.15, -0.1) is 5.60 Å². The number of allylic oxidation sites excluding steroid dienone is 1. The molecule has 0 atom stereocenters. The fourth-order valence-corrected chi connectivity index (χ4v) is 2.67. The maximum Gasteiger partial charge on any atom is 1.00 e. The van der Waals surface area contributed by atoms with E-state index in [1.165, 1.54) is 18.4 Å². The van der Waals surface area contributed by atoms with Crippen LogP contribution in [0.3, 0.4) is 0 Å². The van der Waals surface area contributed by atoms with Crippen molar-refractivity contribution in [2.45, 2.75) is 78.4 Å². The number of ether oxygens (including phenoxy) is 1. The molecule has 4 nitrogen and oxygen atoms in total. The maximum atomic E-state index is 11.8. The molecule has 1 spiro atoms. The van der Waals surface area contributed by atoms with Crippen LogP contribution in [0.5, 0.6) is 0 Å². The van der Waals surface area contributed by atoms with E-state index in [1.54, 1.807) is 20.8 Å². The molecule has 1 heterocycles. The molecule has 2 rings (SSSR count). The number of hydrogen-bond acceptors (Lipinski definition) is 3. The summed E-state index contributed by atoms with van der Waals surface area (Å²) in [6.07, 6.45) is 4.47. The first-order chi connectivity index (χ1) is 9.80. The van der Waals surface area contributed by atoms with Crippen LogP contribution in [0.25, 0.3) is 0 Å². The summed E-state index contributed by atoms with van der Waals surface area (Å²) in [5.41, 5.74) is 0.602. The van der Waals surface area contributed by atoms with Crippen LogP contribution in [0.15, 0.2) is 12.2 Å². The summed E-state index contributed by atoms with van der Waals surface area (Å²) in [5, 5.41) is 10.1.